The number of hydrogen-bond donors (Lipinski definition) is 2. The van der Waals surface area contributed by atoms with Gasteiger partial charge in [-0.05, 0) is 69.3 Å². The molecule has 1 aromatic carbocycles. The maximum atomic E-state index is 13.7. The Hall–Kier alpha value is -2.24. The van der Waals surface area contributed by atoms with Crippen LogP contribution in [0.3, 0.4) is 0 Å². The van der Waals surface area contributed by atoms with Crippen LogP contribution in [0, 0.1) is 11.7 Å². The molecule has 2 aliphatic carbocycles. The van der Waals surface area contributed by atoms with Crippen molar-refractivity contribution in [2.75, 3.05) is 31.5 Å². The second-order valence-electron chi connectivity index (χ2n) is 9.76. The van der Waals surface area contributed by atoms with Crippen molar-refractivity contribution in [3.8, 4) is 0 Å². The fourth-order valence-corrected chi connectivity index (χ4v) is 6.92. The van der Waals surface area contributed by atoms with Crippen LogP contribution in [0.4, 0.5) is 28.0 Å². The summed E-state index contributed by atoms with van der Waals surface area (Å²) in [5, 5.41) is 3.51. The molecule has 1 saturated heterocycles. The lowest BCUT2D eigenvalue weighted by atomic mass is 10.0. The average molecular weight is 512 g/mol. The number of anilines is 1. The highest BCUT2D eigenvalue weighted by Gasteiger charge is 2.65. The van der Waals surface area contributed by atoms with Crippen molar-refractivity contribution in [3.63, 3.8) is 0 Å². The third kappa shape index (κ3) is 4.77. The number of nitrogens with two attached hydrogens (primary N) is 1. The minimum absolute atomic E-state index is 0.0106. The van der Waals surface area contributed by atoms with Gasteiger partial charge < -0.3 is 20.9 Å². The number of nitrogens with zero attached hydrogens (tertiary/aromatic N) is 3. The number of fused-ring (bicyclic) bond motifs is 1. The predicted molar refractivity (Wildman–Crippen MR) is 126 cm³/mol. The Morgan fingerprint density at radius 3 is 2.74 bits per heavy atom. The molecule has 2 amide bonds. The Morgan fingerprint density at radius 1 is 1.31 bits per heavy atom. The number of thiazole rings is 1. The molecule has 1 aliphatic heterocycles. The molecule has 190 valence electrons. The molecule has 0 bridgehead atoms. The molecule has 5 rings (SSSR count). The summed E-state index contributed by atoms with van der Waals surface area (Å²) in [6.45, 7) is 3.59. The maximum Gasteiger partial charge on any atom is 0.419 e. The molecular weight excluding hydrogens is 482 g/mol. The Labute approximate surface area is 205 Å². The number of benzene rings is 1. The maximum absolute atomic E-state index is 13.7. The smallest absolute Gasteiger partial charge is 0.325 e. The second kappa shape index (κ2) is 9.33. The van der Waals surface area contributed by atoms with Gasteiger partial charge in [-0.25, -0.2) is 14.2 Å². The van der Waals surface area contributed by atoms with E-state index in [1.54, 1.807) is 16.2 Å². The number of nitrogens with one attached hydrogen (secondary N) is 1. The fraction of sp³-hybridized carbons (Fsp3) is 0.583. The minimum Gasteiger partial charge on any atom is -0.325 e. The zero-order chi connectivity index (χ0) is 24.8. The molecule has 1 unspecified atom stereocenters. The number of carbonyl (C=O) groups excluding carboxylic acids is 1. The Kier molecular flexibility index (Phi) is 6.52. The van der Waals surface area contributed by atoms with E-state index in [9.17, 15) is 22.4 Å². The Bertz CT molecular complexity index is 1090. The van der Waals surface area contributed by atoms with Gasteiger partial charge >= 0.3 is 12.2 Å². The van der Waals surface area contributed by atoms with Crippen molar-refractivity contribution in [1.82, 2.24) is 14.8 Å². The van der Waals surface area contributed by atoms with E-state index in [0.717, 1.165) is 62.8 Å². The van der Waals surface area contributed by atoms with Crippen LogP contribution in [0.5, 0.6) is 0 Å². The summed E-state index contributed by atoms with van der Waals surface area (Å²) < 4.78 is 53.2. The Morgan fingerprint density at radius 2 is 2.09 bits per heavy atom. The predicted octanol–water partition coefficient (Wildman–Crippen LogP) is 4.81. The lowest BCUT2D eigenvalue weighted by molar-refractivity contribution is -0.139. The number of amides is 2. The van der Waals surface area contributed by atoms with E-state index in [2.05, 4.69) is 15.2 Å². The van der Waals surface area contributed by atoms with Crippen molar-refractivity contribution in [2.24, 2.45) is 11.7 Å². The molecule has 0 radical (unpaired) electrons. The summed E-state index contributed by atoms with van der Waals surface area (Å²) in [5.41, 5.74) is 4.30. The highest BCUT2D eigenvalue weighted by Crippen LogP contribution is 2.66. The van der Waals surface area contributed by atoms with E-state index >= 15 is 0 Å². The molecule has 3 aliphatic rings. The van der Waals surface area contributed by atoms with Gasteiger partial charge in [-0.15, -0.1) is 11.3 Å². The van der Waals surface area contributed by atoms with Gasteiger partial charge in [0.15, 0.2) is 0 Å². The van der Waals surface area contributed by atoms with Crippen molar-refractivity contribution in [1.29, 1.82) is 0 Å². The number of urea groups is 1. The quantitative estimate of drug-likeness (QED) is 0.524. The van der Waals surface area contributed by atoms with Crippen LogP contribution < -0.4 is 11.1 Å². The molecule has 2 aromatic rings. The molecule has 35 heavy (non-hydrogen) atoms. The van der Waals surface area contributed by atoms with Gasteiger partial charge in [0, 0.05) is 47.9 Å². The monoisotopic (exact) mass is 511 g/mol. The van der Waals surface area contributed by atoms with E-state index in [0.29, 0.717) is 19.2 Å². The van der Waals surface area contributed by atoms with E-state index < -0.39 is 23.6 Å². The van der Waals surface area contributed by atoms with Crippen LogP contribution in [-0.2, 0) is 18.1 Å². The van der Waals surface area contributed by atoms with Crippen LogP contribution >= 0.6 is 11.3 Å². The van der Waals surface area contributed by atoms with Crippen molar-refractivity contribution < 1.29 is 22.4 Å². The van der Waals surface area contributed by atoms with E-state index in [1.807, 2.05) is 6.20 Å². The zero-order valence-corrected chi connectivity index (χ0v) is 20.1. The van der Waals surface area contributed by atoms with Crippen molar-refractivity contribution in [2.45, 2.75) is 56.3 Å². The minimum atomic E-state index is -4.84. The first-order valence-corrected chi connectivity index (χ1v) is 12.8. The summed E-state index contributed by atoms with van der Waals surface area (Å²) in [5.74, 6) is -1.07. The normalized spacial score (nSPS) is 26.1. The summed E-state index contributed by atoms with van der Waals surface area (Å²) in [6.07, 6.45) is 2.06. The first kappa shape index (κ1) is 24.5. The third-order valence-corrected chi connectivity index (χ3v) is 8.98. The highest BCUT2D eigenvalue weighted by molar-refractivity contribution is 7.11. The third-order valence-electron chi connectivity index (χ3n) is 7.74. The van der Waals surface area contributed by atoms with E-state index in [-0.39, 0.29) is 23.1 Å². The van der Waals surface area contributed by atoms with Gasteiger partial charge in [0.25, 0.3) is 0 Å². The van der Waals surface area contributed by atoms with Crippen LogP contribution in [0.25, 0.3) is 0 Å². The first-order chi connectivity index (χ1) is 16.7. The topological polar surface area (TPSA) is 74.5 Å². The molecule has 6 nitrogen and oxygen atoms in total. The number of aromatic nitrogens is 1. The van der Waals surface area contributed by atoms with Gasteiger partial charge in [-0.1, -0.05) is 0 Å². The van der Waals surface area contributed by atoms with Crippen LogP contribution in [0.1, 0.15) is 47.6 Å². The van der Waals surface area contributed by atoms with Crippen LogP contribution in [0.2, 0.25) is 0 Å². The standard InChI is InChI=1S/C24H29F4N5OS/c25-18-4-3-15(11-16(18)24(26,27)28)31-22(34)33(10-9-32-7-1-2-8-32)19-5-6-23(12-17(19)23)20-14-30-21(13-29)35-20/h3-4,11,14,17,19H,1-2,5-10,12-13,29H2,(H,31,34)/t17?,19-,23+/m1/s1. The summed E-state index contributed by atoms with van der Waals surface area (Å²) in [6, 6.07) is 2.12. The SMILES string of the molecule is NCc1ncc([C@]23CC[C@@H](N(CCN4CCCC4)C(=O)Nc4ccc(F)c(C(F)(F)F)c4)C2C3)s1. The van der Waals surface area contributed by atoms with Crippen LogP contribution in [0.15, 0.2) is 24.4 Å². The highest BCUT2D eigenvalue weighted by atomic mass is 32.1. The molecule has 0 spiro atoms. The molecule has 3 fully saturated rings. The van der Waals surface area contributed by atoms with E-state index in [1.165, 1.54) is 10.9 Å². The average Bonchev–Trinajstić information content (AvgIpc) is 3.24. The van der Waals surface area contributed by atoms with E-state index in [4.69, 9.17) is 5.73 Å². The summed E-state index contributed by atoms with van der Waals surface area (Å²) >= 11 is 1.63. The summed E-state index contributed by atoms with van der Waals surface area (Å²) in [7, 11) is 0. The molecule has 2 saturated carbocycles. The molecule has 1 aromatic heterocycles. The van der Waals surface area contributed by atoms with Gasteiger partial charge in [-0.3, -0.25) is 0 Å². The first-order valence-electron chi connectivity index (χ1n) is 12.0. The number of halogens is 4. The molecule has 3 atom stereocenters. The largest absolute Gasteiger partial charge is 0.419 e. The molecule has 11 heteroatoms. The number of hydrogen-bond acceptors (Lipinski definition) is 5. The Balaban J connectivity index is 1.34. The molecule has 2 heterocycles. The molecular formula is C24H29F4N5OS. The summed E-state index contributed by atoms with van der Waals surface area (Å²) in [4.78, 5) is 23.1. The fourth-order valence-electron chi connectivity index (χ4n) is 5.84. The van der Waals surface area contributed by atoms with Crippen molar-refractivity contribution in [3.05, 3.63) is 45.7 Å². The number of rotatable bonds is 7. The second-order valence-corrected chi connectivity index (χ2v) is 10.9. The zero-order valence-electron chi connectivity index (χ0n) is 19.3. The van der Waals surface area contributed by atoms with Crippen molar-refractivity contribution >= 4 is 23.1 Å². The molecule has 3 N–H and O–H groups in total. The number of carbonyl (C=O) groups is 1. The number of likely N-dealkylation sites (tertiary alicyclic amines) is 1. The van der Waals surface area contributed by atoms with Gasteiger partial charge in [0.1, 0.15) is 10.8 Å². The lowest BCUT2D eigenvalue weighted by Crippen LogP contribution is -2.46. The van der Waals surface area contributed by atoms with Crippen LogP contribution in [-0.4, -0.2) is 53.0 Å². The van der Waals surface area contributed by atoms with Gasteiger partial charge in [0.05, 0.1) is 5.56 Å². The number of alkyl halides is 3. The van der Waals surface area contributed by atoms with Gasteiger partial charge in [-0.2, -0.15) is 13.2 Å². The van der Waals surface area contributed by atoms with Gasteiger partial charge in [0.2, 0.25) is 0 Å². The lowest BCUT2D eigenvalue weighted by Gasteiger charge is -2.32.